The van der Waals surface area contributed by atoms with E-state index in [4.69, 9.17) is 5.11 Å². The molecule has 0 aliphatic carbocycles. The van der Waals surface area contributed by atoms with Gasteiger partial charge in [0.15, 0.2) is 23.3 Å². The van der Waals surface area contributed by atoms with Crippen molar-refractivity contribution in [3.05, 3.63) is 70.8 Å². The van der Waals surface area contributed by atoms with Crippen LogP contribution >= 0.6 is 0 Å². The number of carbonyl (C=O) groups is 1. The quantitative estimate of drug-likeness (QED) is 0.881. The Hall–Kier alpha value is -2.44. The number of halogens is 5. The summed E-state index contributed by atoms with van der Waals surface area (Å²) in [4.78, 5) is 11.2. The summed E-state index contributed by atoms with van der Waals surface area (Å²) in [7, 11) is 0. The van der Waals surface area contributed by atoms with E-state index in [1.807, 2.05) is 0 Å². The summed E-state index contributed by atoms with van der Waals surface area (Å²) in [6.45, 7) is 0. The second-order valence-electron chi connectivity index (χ2n) is 4.22. The van der Waals surface area contributed by atoms with Crippen LogP contribution in [0.25, 0.3) is 0 Å². The Kier molecular flexibility index (Phi) is 3.67. The Labute approximate surface area is 115 Å². The van der Waals surface area contributed by atoms with Gasteiger partial charge < -0.3 is 5.11 Å². The van der Waals surface area contributed by atoms with Crippen LogP contribution in [0.1, 0.15) is 11.1 Å². The summed E-state index contributed by atoms with van der Waals surface area (Å²) in [6, 6.07) is 3.22. The maximum absolute atomic E-state index is 14.8. The molecule has 0 radical (unpaired) electrons. The van der Waals surface area contributed by atoms with E-state index in [2.05, 4.69) is 0 Å². The minimum Gasteiger partial charge on any atom is -0.478 e. The van der Waals surface area contributed by atoms with Gasteiger partial charge in [-0.3, -0.25) is 0 Å². The van der Waals surface area contributed by atoms with E-state index in [0.717, 1.165) is 0 Å². The van der Waals surface area contributed by atoms with Crippen LogP contribution in [0.15, 0.2) is 36.4 Å². The van der Waals surface area contributed by atoms with Crippen molar-refractivity contribution in [2.45, 2.75) is 5.67 Å². The summed E-state index contributed by atoms with van der Waals surface area (Å²) < 4.78 is 66.9. The number of hydrogen-bond acceptors (Lipinski definition) is 1. The molecule has 0 spiro atoms. The van der Waals surface area contributed by atoms with Crippen LogP contribution < -0.4 is 0 Å². The highest BCUT2D eigenvalue weighted by atomic mass is 19.2. The smallest absolute Gasteiger partial charge is 0.350 e. The number of benzene rings is 2. The summed E-state index contributed by atoms with van der Waals surface area (Å²) in [5.74, 6) is -7.58. The van der Waals surface area contributed by atoms with Gasteiger partial charge in [-0.15, -0.1) is 0 Å². The van der Waals surface area contributed by atoms with E-state index < -0.39 is 46.0 Å². The van der Waals surface area contributed by atoms with Crippen molar-refractivity contribution in [1.82, 2.24) is 0 Å². The monoisotopic (exact) mass is 302 g/mol. The third-order valence-corrected chi connectivity index (χ3v) is 2.93. The van der Waals surface area contributed by atoms with Gasteiger partial charge in [-0.2, -0.15) is 0 Å². The maximum atomic E-state index is 14.8. The van der Waals surface area contributed by atoms with Crippen molar-refractivity contribution in [2.75, 3.05) is 0 Å². The van der Waals surface area contributed by atoms with Gasteiger partial charge in [-0.05, 0) is 24.3 Å². The van der Waals surface area contributed by atoms with Gasteiger partial charge in [-0.1, -0.05) is 12.1 Å². The molecule has 0 fully saturated rings. The molecule has 0 heterocycles. The summed E-state index contributed by atoms with van der Waals surface area (Å²) >= 11 is 0. The molecule has 2 aromatic carbocycles. The predicted octanol–water partition coefficient (Wildman–Crippen LogP) is 3.54. The number of carboxylic acids is 1. The highest BCUT2D eigenvalue weighted by Crippen LogP contribution is 2.35. The minimum atomic E-state index is -3.34. The van der Waals surface area contributed by atoms with Crippen LogP contribution in [0.2, 0.25) is 0 Å². The fourth-order valence-electron chi connectivity index (χ4n) is 1.83. The minimum absolute atomic E-state index is 0.352. The van der Waals surface area contributed by atoms with Gasteiger partial charge in [0.1, 0.15) is 0 Å². The summed E-state index contributed by atoms with van der Waals surface area (Å²) in [5.41, 5.74) is -4.84. The van der Waals surface area contributed by atoms with Gasteiger partial charge in [0.25, 0.3) is 5.67 Å². The van der Waals surface area contributed by atoms with Crippen LogP contribution in [-0.2, 0) is 10.5 Å². The molecule has 7 heteroatoms. The first-order valence-corrected chi connectivity index (χ1v) is 5.60. The average Bonchev–Trinajstić information content (AvgIpc) is 2.43. The second-order valence-corrected chi connectivity index (χ2v) is 4.22. The largest absolute Gasteiger partial charge is 0.478 e. The third-order valence-electron chi connectivity index (χ3n) is 2.93. The zero-order valence-electron chi connectivity index (χ0n) is 10.2. The molecule has 0 saturated heterocycles. The Balaban J connectivity index is 2.67. The van der Waals surface area contributed by atoms with E-state index in [0.29, 0.717) is 36.4 Å². The number of rotatable bonds is 3. The molecule has 0 bridgehead atoms. The fraction of sp³-hybridized carbons (Fsp3) is 0.0714. The van der Waals surface area contributed by atoms with Gasteiger partial charge in [0.2, 0.25) is 0 Å². The van der Waals surface area contributed by atoms with Gasteiger partial charge in [0, 0.05) is 11.1 Å². The first kappa shape index (κ1) is 15.0. The number of carboxylic acid groups (broad SMARTS) is 1. The summed E-state index contributed by atoms with van der Waals surface area (Å²) in [6.07, 6.45) is 0. The predicted molar refractivity (Wildman–Crippen MR) is 62.2 cm³/mol. The summed E-state index contributed by atoms with van der Waals surface area (Å²) in [5, 5.41) is 9.05. The lowest BCUT2D eigenvalue weighted by Gasteiger charge is -2.22. The van der Waals surface area contributed by atoms with Crippen molar-refractivity contribution in [3.8, 4) is 0 Å². The standard InChI is InChI=1S/C14H7F5O2/c15-9-3-1-7(5-11(9)17)14(19,13(20)21)8-2-4-10(16)12(18)6-8/h1-6H,(H,20,21). The Bertz CT molecular complexity index is 663. The van der Waals surface area contributed by atoms with Gasteiger partial charge in [0.05, 0.1) is 0 Å². The van der Waals surface area contributed by atoms with Crippen molar-refractivity contribution in [3.63, 3.8) is 0 Å². The molecular weight excluding hydrogens is 295 g/mol. The molecule has 0 aliphatic heterocycles. The van der Waals surface area contributed by atoms with Crippen molar-refractivity contribution < 1.29 is 31.9 Å². The zero-order chi connectivity index (χ0) is 15.8. The average molecular weight is 302 g/mol. The van der Waals surface area contributed by atoms with Gasteiger partial charge in [-0.25, -0.2) is 26.7 Å². The Morgan fingerprint density at radius 3 is 1.48 bits per heavy atom. The first-order chi connectivity index (χ1) is 9.76. The number of hydrogen-bond donors (Lipinski definition) is 1. The molecule has 2 nitrogen and oxygen atoms in total. The highest BCUT2D eigenvalue weighted by molar-refractivity contribution is 5.83. The molecule has 2 aromatic rings. The van der Waals surface area contributed by atoms with Crippen molar-refractivity contribution in [1.29, 1.82) is 0 Å². The molecule has 21 heavy (non-hydrogen) atoms. The van der Waals surface area contributed by atoms with Crippen LogP contribution in [0, 0.1) is 23.3 Å². The van der Waals surface area contributed by atoms with Crippen molar-refractivity contribution in [2.24, 2.45) is 0 Å². The molecule has 2 rings (SSSR count). The fourth-order valence-corrected chi connectivity index (χ4v) is 1.83. The topological polar surface area (TPSA) is 37.3 Å². The van der Waals surface area contributed by atoms with E-state index in [-0.39, 0.29) is 0 Å². The lowest BCUT2D eigenvalue weighted by Crippen LogP contribution is -2.32. The molecule has 0 aliphatic rings. The van der Waals surface area contributed by atoms with E-state index in [9.17, 15) is 26.7 Å². The molecular formula is C14H7F5O2. The normalized spacial score (nSPS) is 11.5. The number of alkyl halides is 1. The molecule has 0 aromatic heterocycles. The lowest BCUT2D eigenvalue weighted by atomic mass is 9.88. The Morgan fingerprint density at radius 1 is 0.810 bits per heavy atom. The Morgan fingerprint density at radius 2 is 1.19 bits per heavy atom. The zero-order valence-corrected chi connectivity index (χ0v) is 10.2. The van der Waals surface area contributed by atoms with Crippen molar-refractivity contribution >= 4 is 5.97 Å². The molecule has 0 saturated carbocycles. The second kappa shape index (κ2) is 5.16. The number of aliphatic carboxylic acids is 1. The van der Waals surface area contributed by atoms with E-state index in [1.165, 1.54) is 0 Å². The maximum Gasteiger partial charge on any atom is 0.350 e. The van der Waals surface area contributed by atoms with Crippen LogP contribution in [-0.4, -0.2) is 11.1 Å². The third kappa shape index (κ3) is 2.46. The van der Waals surface area contributed by atoms with Crippen LogP contribution in [0.4, 0.5) is 22.0 Å². The highest BCUT2D eigenvalue weighted by Gasteiger charge is 2.43. The van der Waals surface area contributed by atoms with Gasteiger partial charge >= 0.3 is 5.97 Å². The van der Waals surface area contributed by atoms with E-state index >= 15 is 0 Å². The molecule has 0 unspecified atom stereocenters. The molecule has 0 amide bonds. The SMILES string of the molecule is O=C(O)C(F)(c1ccc(F)c(F)c1)c1ccc(F)c(F)c1. The van der Waals surface area contributed by atoms with Crippen LogP contribution in [0.5, 0.6) is 0 Å². The first-order valence-electron chi connectivity index (χ1n) is 5.60. The molecule has 1 N–H and O–H groups in total. The molecule has 110 valence electrons. The lowest BCUT2D eigenvalue weighted by molar-refractivity contribution is -0.148. The van der Waals surface area contributed by atoms with E-state index in [1.54, 1.807) is 0 Å². The van der Waals surface area contributed by atoms with Crippen LogP contribution in [0.3, 0.4) is 0 Å². The molecule has 0 atom stereocenters.